The van der Waals surface area contributed by atoms with Crippen molar-refractivity contribution in [1.82, 2.24) is 0 Å². The zero-order valence-corrected chi connectivity index (χ0v) is 17.1. The third-order valence-corrected chi connectivity index (χ3v) is 4.96. The summed E-state index contributed by atoms with van der Waals surface area (Å²) in [6, 6.07) is 6.44. The van der Waals surface area contributed by atoms with Crippen LogP contribution in [-0.4, -0.2) is 47.6 Å². The Hall–Kier alpha value is -2.74. The fourth-order valence-corrected chi connectivity index (χ4v) is 3.87. The molecule has 2 rings (SSSR count). The first kappa shape index (κ1) is 22.5. The molecule has 1 aromatic rings. The van der Waals surface area contributed by atoms with Crippen LogP contribution in [0.4, 0.5) is 5.69 Å². The van der Waals surface area contributed by atoms with E-state index in [4.69, 9.17) is 9.47 Å². The maximum atomic E-state index is 12.8. The van der Waals surface area contributed by atoms with Gasteiger partial charge in [-0.05, 0) is 38.5 Å². The highest BCUT2D eigenvalue weighted by Gasteiger charge is 2.57. The van der Waals surface area contributed by atoms with Gasteiger partial charge in [0.05, 0.1) is 24.7 Å². The smallest absolute Gasteiger partial charge is 0.317 e. The van der Waals surface area contributed by atoms with E-state index in [-0.39, 0.29) is 25.5 Å². The van der Waals surface area contributed by atoms with E-state index in [1.54, 1.807) is 38.1 Å². The van der Waals surface area contributed by atoms with Crippen LogP contribution in [0, 0.1) is 11.8 Å². The monoisotopic (exact) mass is 405 g/mol. The van der Waals surface area contributed by atoms with Crippen molar-refractivity contribution in [3.63, 3.8) is 0 Å². The van der Waals surface area contributed by atoms with Gasteiger partial charge in [-0.2, -0.15) is 0 Å². The lowest BCUT2D eigenvalue weighted by Gasteiger charge is -2.43. The molecular weight excluding hydrogens is 378 g/mol. The van der Waals surface area contributed by atoms with Crippen LogP contribution in [0.1, 0.15) is 45.6 Å². The summed E-state index contributed by atoms with van der Waals surface area (Å²) < 4.78 is 10.2. The Morgan fingerprint density at radius 3 is 2.17 bits per heavy atom. The molecule has 1 aromatic carbocycles. The highest BCUT2D eigenvalue weighted by molar-refractivity contribution is 6.02. The maximum Gasteiger partial charge on any atom is 0.317 e. The Morgan fingerprint density at radius 2 is 1.66 bits per heavy atom. The molecule has 1 fully saturated rings. The van der Waals surface area contributed by atoms with Gasteiger partial charge in [0.2, 0.25) is 5.91 Å². The Labute approximate surface area is 169 Å². The van der Waals surface area contributed by atoms with Gasteiger partial charge in [0.25, 0.3) is 0 Å². The number of nitrogens with one attached hydrogen (secondary N) is 1. The lowest BCUT2D eigenvalue weighted by atomic mass is 9.61. The van der Waals surface area contributed by atoms with Crippen LogP contribution in [-0.2, 0) is 28.7 Å². The van der Waals surface area contributed by atoms with E-state index >= 15 is 0 Å². The third-order valence-electron chi connectivity index (χ3n) is 4.96. The summed E-state index contributed by atoms with van der Waals surface area (Å²) in [4.78, 5) is 49.4. The minimum atomic E-state index is -1.69. The summed E-state index contributed by atoms with van der Waals surface area (Å²) in [6.45, 7) is 6.21. The highest BCUT2D eigenvalue weighted by Crippen LogP contribution is 2.46. The first-order chi connectivity index (χ1) is 13.6. The van der Waals surface area contributed by atoms with E-state index in [1.165, 1.54) is 13.8 Å². The van der Waals surface area contributed by atoms with E-state index < -0.39 is 41.1 Å². The predicted octanol–water partition coefficient (Wildman–Crippen LogP) is 1.81. The predicted molar refractivity (Wildman–Crippen MR) is 104 cm³/mol. The van der Waals surface area contributed by atoms with Crippen molar-refractivity contribution in [2.24, 2.45) is 11.8 Å². The van der Waals surface area contributed by atoms with Crippen molar-refractivity contribution in [2.75, 3.05) is 18.5 Å². The number of carbonyl (C=O) groups excluding carboxylic acids is 4. The zero-order chi connectivity index (χ0) is 21.8. The molecule has 0 heterocycles. The van der Waals surface area contributed by atoms with Crippen molar-refractivity contribution in [2.45, 2.75) is 45.6 Å². The molecule has 8 heteroatoms. The number of rotatable bonds is 6. The Bertz CT molecular complexity index is 785. The van der Waals surface area contributed by atoms with Gasteiger partial charge in [0.1, 0.15) is 5.92 Å². The number of anilines is 1. The second-order valence-electron chi connectivity index (χ2n) is 7.29. The molecule has 0 aliphatic heterocycles. The number of esters is 2. The molecule has 158 valence electrons. The fourth-order valence-electron chi connectivity index (χ4n) is 3.87. The molecule has 1 aliphatic carbocycles. The zero-order valence-electron chi connectivity index (χ0n) is 17.1. The number of ether oxygens (including phenoxy) is 2. The quantitative estimate of drug-likeness (QED) is 0.547. The van der Waals surface area contributed by atoms with E-state index in [0.29, 0.717) is 11.3 Å². The lowest BCUT2D eigenvalue weighted by Crippen LogP contribution is -2.55. The molecule has 29 heavy (non-hydrogen) atoms. The normalized spacial score (nSPS) is 26.5. The summed E-state index contributed by atoms with van der Waals surface area (Å²) in [5, 5.41) is 13.5. The van der Waals surface area contributed by atoms with Crippen LogP contribution in [0.5, 0.6) is 0 Å². The van der Waals surface area contributed by atoms with Crippen LogP contribution in [0.25, 0.3) is 0 Å². The number of benzene rings is 1. The molecule has 0 aromatic heterocycles. The third kappa shape index (κ3) is 5.00. The molecule has 1 aliphatic rings. The topological polar surface area (TPSA) is 119 Å². The SMILES string of the molecule is CCOC(=O)[C@H]1C(=O)C[C@](C)(O)[C@@H](C(=O)OCC)[C@@H]1c1ccc(NC(C)=O)cc1. The molecule has 0 spiro atoms. The average molecular weight is 405 g/mol. The van der Waals surface area contributed by atoms with E-state index in [1.807, 2.05) is 0 Å². The average Bonchev–Trinajstić information content (AvgIpc) is 2.60. The molecule has 1 saturated carbocycles. The number of Topliss-reactive ketones (excluding diaryl/α,β-unsaturated/α-hetero) is 1. The number of carbonyl (C=O) groups is 4. The van der Waals surface area contributed by atoms with E-state index in [2.05, 4.69) is 5.32 Å². The summed E-state index contributed by atoms with van der Waals surface area (Å²) in [6.07, 6.45) is -0.361. The molecule has 0 radical (unpaired) electrons. The van der Waals surface area contributed by atoms with Crippen LogP contribution < -0.4 is 5.32 Å². The summed E-state index contributed by atoms with van der Waals surface area (Å²) in [7, 11) is 0. The number of amides is 1. The van der Waals surface area contributed by atoms with Gasteiger partial charge >= 0.3 is 11.9 Å². The second-order valence-corrected chi connectivity index (χ2v) is 7.29. The Balaban J connectivity index is 2.56. The summed E-state index contributed by atoms with van der Waals surface area (Å²) >= 11 is 0. The standard InChI is InChI=1S/C21H27NO7/c1-5-28-19(25)17-15(24)11-21(4,27)18(20(26)29-6-2)16(17)13-7-9-14(10-8-13)22-12(3)23/h7-10,16-18,27H,5-6,11H2,1-4H3,(H,22,23)/t16-,17+,18-,21+/m1/s1. The van der Waals surface area contributed by atoms with Crippen molar-refractivity contribution in [1.29, 1.82) is 0 Å². The van der Waals surface area contributed by atoms with Crippen LogP contribution in [0.2, 0.25) is 0 Å². The first-order valence-electron chi connectivity index (χ1n) is 9.58. The van der Waals surface area contributed by atoms with Crippen molar-refractivity contribution in [3.8, 4) is 0 Å². The minimum absolute atomic E-state index is 0.0806. The minimum Gasteiger partial charge on any atom is -0.466 e. The van der Waals surface area contributed by atoms with Crippen LogP contribution in [0.3, 0.4) is 0 Å². The van der Waals surface area contributed by atoms with E-state index in [9.17, 15) is 24.3 Å². The van der Waals surface area contributed by atoms with Crippen LogP contribution in [0.15, 0.2) is 24.3 Å². The molecule has 1 amide bonds. The molecule has 0 bridgehead atoms. The van der Waals surface area contributed by atoms with Crippen LogP contribution >= 0.6 is 0 Å². The van der Waals surface area contributed by atoms with Gasteiger partial charge in [-0.1, -0.05) is 12.1 Å². The van der Waals surface area contributed by atoms with Crippen molar-refractivity contribution in [3.05, 3.63) is 29.8 Å². The fraction of sp³-hybridized carbons (Fsp3) is 0.524. The van der Waals surface area contributed by atoms with E-state index in [0.717, 1.165) is 0 Å². The molecule has 2 N–H and O–H groups in total. The van der Waals surface area contributed by atoms with Gasteiger partial charge in [-0.3, -0.25) is 19.2 Å². The summed E-state index contributed by atoms with van der Waals surface area (Å²) in [5.41, 5.74) is -0.674. The molecule has 4 atom stereocenters. The van der Waals surface area contributed by atoms with Gasteiger partial charge in [-0.15, -0.1) is 0 Å². The van der Waals surface area contributed by atoms with Gasteiger partial charge in [0, 0.05) is 24.9 Å². The van der Waals surface area contributed by atoms with Crippen molar-refractivity contribution >= 4 is 29.3 Å². The summed E-state index contributed by atoms with van der Waals surface area (Å²) in [5.74, 6) is -5.51. The molecule has 8 nitrogen and oxygen atoms in total. The largest absolute Gasteiger partial charge is 0.466 e. The Morgan fingerprint density at radius 1 is 1.10 bits per heavy atom. The molecule has 0 unspecified atom stereocenters. The lowest BCUT2D eigenvalue weighted by molar-refractivity contribution is -0.172. The van der Waals surface area contributed by atoms with Gasteiger partial charge in [-0.25, -0.2) is 0 Å². The number of aliphatic hydroxyl groups is 1. The molecule has 0 saturated heterocycles. The highest BCUT2D eigenvalue weighted by atomic mass is 16.5. The second kappa shape index (κ2) is 9.17. The molecular formula is C21H27NO7. The first-order valence-corrected chi connectivity index (χ1v) is 9.58. The maximum absolute atomic E-state index is 12.8. The Kier molecular flexibility index (Phi) is 7.13. The number of ketones is 1. The van der Waals surface area contributed by atoms with Crippen molar-refractivity contribution < 1.29 is 33.8 Å². The van der Waals surface area contributed by atoms with Gasteiger partial charge in [0.15, 0.2) is 5.78 Å². The van der Waals surface area contributed by atoms with Gasteiger partial charge < -0.3 is 19.9 Å². The number of hydrogen-bond donors (Lipinski definition) is 2. The number of hydrogen-bond acceptors (Lipinski definition) is 7.